The summed E-state index contributed by atoms with van der Waals surface area (Å²) in [6, 6.07) is 3.60. The first kappa shape index (κ1) is 12.6. The Labute approximate surface area is 109 Å². The second kappa shape index (κ2) is 5.19. The molecule has 0 amide bonds. The molecule has 0 bridgehead atoms. The minimum atomic E-state index is -0.752. The third-order valence-electron chi connectivity index (χ3n) is 2.90. The number of rotatable bonds is 2. The molecule has 3 nitrogen and oxygen atoms in total. The van der Waals surface area contributed by atoms with E-state index in [1.165, 1.54) is 0 Å². The van der Waals surface area contributed by atoms with E-state index in [1.807, 2.05) is 6.07 Å². The third kappa shape index (κ3) is 2.53. The van der Waals surface area contributed by atoms with Gasteiger partial charge in [-0.05, 0) is 36.3 Å². The molecular weight excluding hydrogens is 260 g/mol. The zero-order chi connectivity index (χ0) is 12.4. The summed E-state index contributed by atoms with van der Waals surface area (Å²) in [5.74, 6) is 0.451. The van der Waals surface area contributed by atoms with Gasteiger partial charge in [0.05, 0.1) is 17.9 Å². The van der Waals surface area contributed by atoms with Crippen LogP contribution in [0.1, 0.15) is 12.0 Å². The van der Waals surface area contributed by atoms with Gasteiger partial charge in [0.15, 0.2) is 0 Å². The summed E-state index contributed by atoms with van der Waals surface area (Å²) in [5, 5.41) is 9.75. The highest BCUT2D eigenvalue weighted by atomic mass is 35.5. The van der Waals surface area contributed by atoms with Crippen LogP contribution in [-0.2, 0) is 11.2 Å². The molecule has 0 fully saturated rings. The average molecular weight is 273 g/mol. The summed E-state index contributed by atoms with van der Waals surface area (Å²) in [4.78, 5) is 12.1. The van der Waals surface area contributed by atoms with Gasteiger partial charge in [-0.25, -0.2) is 0 Å². The van der Waals surface area contributed by atoms with Gasteiger partial charge in [-0.1, -0.05) is 11.6 Å². The first-order valence-electron chi connectivity index (χ1n) is 5.34. The van der Waals surface area contributed by atoms with Gasteiger partial charge >= 0.3 is 5.97 Å². The van der Waals surface area contributed by atoms with Crippen molar-refractivity contribution in [2.24, 2.45) is 5.92 Å². The minimum Gasteiger partial charge on any atom is -0.496 e. The lowest BCUT2D eigenvalue weighted by molar-refractivity contribution is -0.141. The number of carbonyl (C=O) groups is 1. The number of methoxy groups -OCH3 is 1. The number of carboxylic acids is 1. The molecule has 1 atom stereocenters. The Morgan fingerprint density at radius 1 is 1.59 bits per heavy atom. The molecule has 0 aliphatic carbocycles. The molecule has 1 aromatic carbocycles. The molecule has 1 aliphatic rings. The summed E-state index contributed by atoms with van der Waals surface area (Å²) < 4.78 is 5.29. The van der Waals surface area contributed by atoms with Crippen molar-refractivity contribution in [2.45, 2.75) is 17.7 Å². The summed E-state index contributed by atoms with van der Waals surface area (Å²) in [6.45, 7) is 0. The number of hydrogen-bond acceptors (Lipinski definition) is 3. The second-order valence-electron chi connectivity index (χ2n) is 3.93. The van der Waals surface area contributed by atoms with Crippen LogP contribution in [0, 0.1) is 5.92 Å². The first-order chi connectivity index (χ1) is 8.13. The van der Waals surface area contributed by atoms with Gasteiger partial charge < -0.3 is 9.84 Å². The zero-order valence-corrected chi connectivity index (χ0v) is 11.0. The van der Waals surface area contributed by atoms with Crippen LogP contribution in [-0.4, -0.2) is 23.9 Å². The molecule has 0 radical (unpaired) electrons. The van der Waals surface area contributed by atoms with E-state index in [9.17, 15) is 4.79 Å². The van der Waals surface area contributed by atoms with Crippen LogP contribution in [0.2, 0.25) is 5.02 Å². The number of hydrogen-bond donors (Lipinski definition) is 1. The molecule has 1 aromatic rings. The van der Waals surface area contributed by atoms with Gasteiger partial charge in [0.25, 0.3) is 0 Å². The van der Waals surface area contributed by atoms with Gasteiger partial charge in [-0.3, -0.25) is 4.79 Å². The zero-order valence-electron chi connectivity index (χ0n) is 9.40. The maximum absolute atomic E-state index is 11.1. The lowest BCUT2D eigenvalue weighted by Gasteiger charge is -2.13. The SMILES string of the molecule is COc1ccc(Cl)c2c1SCCC(C(=O)O)C2. The molecule has 1 aliphatic heterocycles. The van der Waals surface area contributed by atoms with Crippen molar-refractivity contribution in [1.29, 1.82) is 0 Å². The summed E-state index contributed by atoms with van der Waals surface area (Å²) in [7, 11) is 1.61. The Morgan fingerprint density at radius 2 is 2.35 bits per heavy atom. The Balaban J connectivity index is 2.44. The number of benzene rings is 1. The third-order valence-corrected chi connectivity index (χ3v) is 4.43. The van der Waals surface area contributed by atoms with E-state index in [1.54, 1.807) is 24.9 Å². The summed E-state index contributed by atoms with van der Waals surface area (Å²) >= 11 is 7.78. The van der Waals surface area contributed by atoms with Crippen LogP contribution in [0.5, 0.6) is 5.75 Å². The molecule has 17 heavy (non-hydrogen) atoms. The predicted octanol–water partition coefficient (Wildman–Crippen LogP) is 3.09. The lowest BCUT2D eigenvalue weighted by Crippen LogP contribution is -2.16. The van der Waals surface area contributed by atoms with Crippen molar-refractivity contribution in [2.75, 3.05) is 12.9 Å². The molecule has 0 aromatic heterocycles. The van der Waals surface area contributed by atoms with Crippen LogP contribution in [0.4, 0.5) is 0 Å². The maximum Gasteiger partial charge on any atom is 0.306 e. The van der Waals surface area contributed by atoms with Crippen LogP contribution in [0.15, 0.2) is 17.0 Å². The van der Waals surface area contributed by atoms with Crippen LogP contribution < -0.4 is 4.74 Å². The standard InChI is InChI=1S/C12H13ClO3S/c1-16-10-3-2-9(13)8-6-7(12(14)15)4-5-17-11(8)10/h2-3,7H,4-6H2,1H3,(H,14,15). The van der Waals surface area contributed by atoms with Crippen LogP contribution in [0.25, 0.3) is 0 Å². The molecule has 1 N–H and O–H groups in total. The number of fused-ring (bicyclic) bond motifs is 1. The molecule has 0 saturated carbocycles. The van der Waals surface area contributed by atoms with Crippen molar-refractivity contribution in [1.82, 2.24) is 0 Å². The number of halogens is 1. The van der Waals surface area contributed by atoms with E-state index in [2.05, 4.69) is 0 Å². The van der Waals surface area contributed by atoms with E-state index in [0.29, 0.717) is 17.9 Å². The maximum atomic E-state index is 11.1. The summed E-state index contributed by atoms with van der Waals surface area (Å²) in [6.07, 6.45) is 1.14. The van der Waals surface area contributed by atoms with E-state index in [0.717, 1.165) is 22.0 Å². The smallest absolute Gasteiger partial charge is 0.306 e. The van der Waals surface area contributed by atoms with E-state index in [4.69, 9.17) is 21.4 Å². The van der Waals surface area contributed by atoms with Crippen LogP contribution in [0.3, 0.4) is 0 Å². The Hall–Kier alpha value is -0.870. The quantitative estimate of drug-likeness (QED) is 0.899. The second-order valence-corrected chi connectivity index (χ2v) is 5.45. The highest BCUT2D eigenvalue weighted by Crippen LogP contribution is 2.41. The van der Waals surface area contributed by atoms with Gasteiger partial charge in [0.2, 0.25) is 0 Å². The van der Waals surface area contributed by atoms with Crippen molar-refractivity contribution in [3.8, 4) is 5.75 Å². The lowest BCUT2D eigenvalue weighted by atomic mass is 9.97. The molecular formula is C12H13ClO3S. The molecule has 0 saturated heterocycles. The Kier molecular flexibility index (Phi) is 3.84. The fraction of sp³-hybridized carbons (Fsp3) is 0.417. The number of ether oxygens (including phenoxy) is 1. The number of carboxylic acid groups (broad SMARTS) is 1. The van der Waals surface area contributed by atoms with Crippen molar-refractivity contribution in [3.63, 3.8) is 0 Å². The van der Waals surface area contributed by atoms with Crippen molar-refractivity contribution in [3.05, 3.63) is 22.7 Å². The average Bonchev–Trinajstić information content (AvgIpc) is 2.53. The van der Waals surface area contributed by atoms with E-state index < -0.39 is 5.97 Å². The molecule has 5 heteroatoms. The molecule has 1 heterocycles. The minimum absolute atomic E-state index is 0.353. The van der Waals surface area contributed by atoms with E-state index in [-0.39, 0.29) is 5.92 Å². The van der Waals surface area contributed by atoms with Gasteiger partial charge in [-0.15, -0.1) is 11.8 Å². The Morgan fingerprint density at radius 3 is 3.00 bits per heavy atom. The molecule has 1 unspecified atom stereocenters. The van der Waals surface area contributed by atoms with Gasteiger partial charge in [0.1, 0.15) is 5.75 Å². The molecule has 2 rings (SSSR count). The monoisotopic (exact) mass is 272 g/mol. The predicted molar refractivity (Wildman–Crippen MR) is 68.2 cm³/mol. The van der Waals surface area contributed by atoms with Gasteiger partial charge in [0, 0.05) is 5.02 Å². The summed E-state index contributed by atoms with van der Waals surface area (Å²) in [5.41, 5.74) is 0.904. The fourth-order valence-corrected chi connectivity index (χ4v) is 3.51. The molecule has 92 valence electrons. The Bertz CT molecular complexity index is 448. The largest absolute Gasteiger partial charge is 0.496 e. The highest BCUT2D eigenvalue weighted by molar-refractivity contribution is 7.99. The highest BCUT2D eigenvalue weighted by Gasteiger charge is 2.26. The van der Waals surface area contributed by atoms with Crippen molar-refractivity contribution < 1.29 is 14.6 Å². The molecule has 0 spiro atoms. The van der Waals surface area contributed by atoms with E-state index >= 15 is 0 Å². The fourth-order valence-electron chi connectivity index (χ4n) is 1.95. The normalized spacial score (nSPS) is 19.3. The topological polar surface area (TPSA) is 46.5 Å². The number of aliphatic carboxylic acids is 1. The van der Waals surface area contributed by atoms with Gasteiger partial charge in [-0.2, -0.15) is 0 Å². The number of thioether (sulfide) groups is 1. The first-order valence-corrected chi connectivity index (χ1v) is 6.70. The van der Waals surface area contributed by atoms with Crippen LogP contribution >= 0.6 is 23.4 Å². The van der Waals surface area contributed by atoms with Crippen molar-refractivity contribution >= 4 is 29.3 Å².